The predicted molar refractivity (Wildman–Crippen MR) is 122 cm³/mol. The van der Waals surface area contributed by atoms with Gasteiger partial charge in [0.05, 0.1) is 12.6 Å². The number of rotatable bonds is 8. The molecule has 1 saturated heterocycles. The minimum atomic E-state index is -0.252. The number of Topliss-reactive ketones (excluding diaryl/α,β-unsaturated/α-hetero) is 1. The first-order valence-corrected chi connectivity index (χ1v) is 10.9. The molecule has 0 radical (unpaired) electrons. The summed E-state index contributed by atoms with van der Waals surface area (Å²) in [5.74, 6) is 0.364. The van der Waals surface area contributed by atoms with Gasteiger partial charge in [0.2, 0.25) is 5.91 Å². The first-order chi connectivity index (χ1) is 14.5. The van der Waals surface area contributed by atoms with Gasteiger partial charge in [0.1, 0.15) is 0 Å². The smallest absolute Gasteiger partial charge is 0.237 e. The van der Waals surface area contributed by atoms with E-state index in [1.54, 1.807) is 0 Å². The van der Waals surface area contributed by atoms with Crippen LogP contribution in [0.1, 0.15) is 49.0 Å². The molecule has 4 nitrogen and oxygen atoms in total. The van der Waals surface area contributed by atoms with Gasteiger partial charge in [-0.05, 0) is 30.9 Å². The molecule has 0 unspecified atom stereocenters. The number of nitrogens with zero attached hydrogens (tertiary/aromatic N) is 1. The van der Waals surface area contributed by atoms with Gasteiger partial charge in [0.15, 0.2) is 5.78 Å². The van der Waals surface area contributed by atoms with Crippen molar-refractivity contribution >= 4 is 17.8 Å². The molecule has 2 aromatic rings. The zero-order valence-corrected chi connectivity index (χ0v) is 18.0. The van der Waals surface area contributed by atoms with Gasteiger partial charge >= 0.3 is 0 Å². The van der Waals surface area contributed by atoms with E-state index in [1.807, 2.05) is 65.6 Å². The van der Waals surface area contributed by atoms with Crippen LogP contribution in [-0.2, 0) is 4.79 Å². The van der Waals surface area contributed by atoms with Crippen molar-refractivity contribution < 1.29 is 9.59 Å². The summed E-state index contributed by atoms with van der Waals surface area (Å²) < 4.78 is 0. The van der Waals surface area contributed by atoms with Crippen molar-refractivity contribution in [1.82, 2.24) is 10.2 Å². The molecule has 4 heteroatoms. The number of ketones is 1. The van der Waals surface area contributed by atoms with Gasteiger partial charge in [-0.3, -0.25) is 14.5 Å². The second-order valence-electron chi connectivity index (χ2n) is 8.32. The van der Waals surface area contributed by atoms with Crippen LogP contribution < -0.4 is 5.32 Å². The number of benzene rings is 2. The summed E-state index contributed by atoms with van der Waals surface area (Å²) in [7, 11) is 0. The van der Waals surface area contributed by atoms with E-state index in [9.17, 15) is 9.59 Å². The van der Waals surface area contributed by atoms with Crippen LogP contribution in [0, 0.1) is 5.92 Å². The van der Waals surface area contributed by atoms with Crippen molar-refractivity contribution in [3.8, 4) is 0 Å². The summed E-state index contributed by atoms with van der Waals surface area (Å²) in [5.41, 5.74) is 1.82. The molecule has 2 atom stereocenters. The minimum absolute atomic E-state index is 0.0203. The highest BCUT2D eigenvalue weighted by Crippen LogP contribution is 2.19. The van der Waals surface area contributed by atoms with Crippen LogP contribution in [0.25, 0.3) is 6.08 Å². The van der Waals surface area contributed by atoms with Crippen LogP contribution in [0.4, 0.5) is 0 Å². The van der Waals surface area contributed by atoms with E-state index >= 15 is 0 Å². The third-order valence-corrected chi connectivity index (χ3v) is 5.68. The fourth-order valence-electron chi connectivity index (χ4n) is 3.85. The molecule has 1 N–H and O–H groups in total. The van der Waals surface area contributed by atoms with E-state index < -0.39 is 0 Å². The molecule has 1 heterocycles. The maximum absolute atomic E-state index is 13.2. The second-order valence-corrected chi connectivity index (χ2v) is 8.32. The van der Waals surface area contributed by atoms with Gasteiger partial charge in [0.25, 0.3) is 0 Å². The zero-order chi connectivity index (χ0) is 21.3. The highest BCUT2D eigenvalue weighted by molar-refractivity contribution is 5.98. The average Bonchev–Trinajstić information content (AvgIpc) is 2.78. The lowest BCUT2D eigenvalue weighted by atomic mass is 9.98. The molecule has 0 bridgehead atoms. The van der Waals surface area contributed by atoms with Gasteiger partial charge in [0, 0.05) is 11.6 Å². The lowest BCUT2D eigenvalue weighted by Crippen LogP contribution is -2.53. The van der Waals surface area contributed by atoms with Crippen molar-refractivity contribution in [1.29, 1.82) is 0 Å². The fourth-order valence-corrected chi connectivity index (χ4v) is 3.85. The van der Waals surface area contributed by atoms with Crippen molar-refractivity contribution in [3.63, 3.8) is 0 Å². The van der Waals surface area contributed by atoms with Crippen LogP contribution >= 0.6 is 0 Å². The molecule has 0 aromatic heterocycles. The molecule has 0 saturated carbocycles. The number of carbonyl (C=O) groups is 2. The first-order valence-electron chi connectivity index (χ1n) is 10.9. The summed E-state index contributed by atoms with van der Waals surface area (Å²) in [6.45, 7) is 5.28. The lowest BCUT2D eigenvalue weighted by Gasteiger charge is -2.35. The van der Waals surface area contributed by atoms with Crippen LogP contribution in [0.2, 0.25) is 0 Å². The molecule has 1 aliphatic rings. The molecule has 1 fully saturated rings. The van der Waals surface area contributed by atoms with Crippen LogP contribution in [0.15, 0.2) is 66.7 Å². The number of likely N-dealkylation sites (tertiary alicyclic amines) is 1. The minimum Gasteiger partial charge on any atom is -0.348 e. The monoisotopic (exact) mass is 404 g/mol. The summed E-state index contributed by atoms with van der Waals surface area (Å²) in [6, 6.07) is 19.1. The van der Waals surface area contributed by atoms with Crippen LogP contribution in [0.3, 0.4) is 0 Å². The zero-order valence-electron chi connectivity index (χ0n) is 18.0. The summed E-state index contributed by atoms with van der Waals surface area (Å²) >= 11 is 0. The lowest BCUT2D eigenvalue weighted by molar-refractivity contribution is -0.128. The highest BCUT2D eigenvalue weighted by Gasteiger charge is 2.31. The third kappa shape index (κ3) is 6.14. The molecular weight excluding hydrogens is 372 g/mol. The van der Waals surface area contributed by atoms with Crippen molar-refractivity contribution in [2.45, 2.75) is 45.2 Å². The molecule has 3 rings (SSSR count). The van der Waals surface area contributed by atoms with Gasteiger partial charge < -0.3 is 5.32 Å². The van der Waals surface area contributed by atoms with E-state index in [0.717, 1.165) is 31.4 Å². The standard InChI is InChI=1S/C26H32N2O2/c1-20(2)23(17-16-21-11-5-3-6-12-21)27-26(30)24-15-9-10-18-28(24)19-25(29)22-13-7-4-8-14-22/h3-8,11-14,16-17,20,23-24H,9-10,15,18-19H2,1-2H3,(H,27,30)/b17-16+/t23-,24+/m1/s1. The quantitative estimate of drug-likeness (QED) is 0.655. The molecule has 158 valence electrons. The molecule has 1 amide bonds. The molecule has 1 aliphatic heterocycles. The Balaban J connectivity index is 1.66. The largest absolute Gasteiger partial charge is 0.348 e. The number of piperidine rings is 1. The number of amides is 1. The molecule has 2 aromatic carbocycles. The highest BCUT2D eigenvalue weighted by atomic mass is 16.2. The predicted octanol–water partition coefficient (Wildman–Crippen LogP) is 4.58. The van der Waals surface area contributed by atoms with Gasteiger partial charge in [-0.1, -0.05) is 93.1 Å². The Bertz CT molecular complexity index is 846. The molecule has 0 aliphatic carbocycles. The van der Waals surface area contributed by atoms with E-state index in [0.29, 0.717) is 5.56 Å². The Morgan fingerprint density at radius 3 is 2.37 bits per heavy atom. The van der Waals surface area contributed by atoms with Crippen molar-refractivity contribution in [3.05, 3.63) is 77.9 Å². The van der Waals surface area contributed by atoms with Crippen molar-refractivity contribution in [2.24, 2.45) is 5.92 Å². The Morgan fingerprint density at radius 2 is 1.70 bits per heavy atom. The molecule has 30 heavy (non-hydrogen) atoms. The van der Waals surface area contributed by atoms with E-state index in [2.05, 4.69) is 31.3 Å². The van der Waals surface area contributed by atoms with E-state index in [1.165, 1.54) is 0 Å². The Morgan fingerprint density at radius 1 is 1.03 bits per heavy atom. The maximum atomic E-state index is 13.2. The maximum Gasteiger partial charge on any atom is 0.237 e. The second kappa shape index (κ2) is 10.9. The normalized spacial score (nSPS) is 18.4. The van der Waals surface area contributed by atoms with Crippen LogP contribution in [-0.4, -0.2) is 41.8 Å². The first kappa shape index (κ1) is 22.0. The van der Waals surface area contributed by atoms with Crippen molar-refractivity contribution in [2.75, 3.05) is 13.1 Å². The van der Waals surface area contributed by atoms with Gasteiger partial charge in [-0.2, -0.15) is 0 Å². The number of hydrogen-bond donors (Lipinski definition) is 1. The van der Waals surface area contributed by atoms with E-state index in [4.69, 9.17) is 0 Å². The number of hydrogen-bond acceptors (Lipinski definition) is 3. The average molecular weight is 405 g/mol. The molecular formula is C26H32N2O2. The third-order valence-electron chi connectivity index (χ3n) is 5.68. The molecule has 0 spiro atoms. The fraction of sp³-hybridized carbons (Fsp3) is 0.385. The number of nitrogens with one attached hydrogen (secondary N) is 1. The number of carbonyl (C=O) groups excluding carboxylic acids is 2. The topological polar surface area (TPSA) is 49.4 Å². The SMILES string of the molecule is CC(C)[C@@H](/C=C/c1ccccc1)NC(=O)[C@@H]1CCCCN1CC(=O)c1ccccc1. The summed E-state index contributed by atoms with van der Waals surface area (Å²) in [4.78, 5) is 27.9. The Labute approximate surface area is 180 Å². The Hall–Kier alpha value is -2.72. The van der Waals surface area contributed by atoms with Crippen LogP contribution in [0.5, 0.6) is 0 Å². The van der Waals surface area contributed by atoms with Gasteiger partial charge in [-0.25, -0.2) is 0 Å². The summed E-state index contributed by atoms with van der Waals surface area (Å²) in [6.07, 6.45) is 6.96. The van der Waals surface area contributed by atoms with E-state index in [-0.39, 0.29) is 36.2 Å². The summed E-state index contributed by atoms with van der Waals surface area (Å²) in [5, 5.41) is 3.22. The van der Waals surface area contributed by atoms with Gasteiger partial charge in [-0.15, -0.1) is 0 Å². The Kier molecular flexibility index (Phi) is 7.97.